The van der Waals surface area contributed by atoms with Crippen molar-refractivity contribution < 1.29 is 9.59 Å². The van der Waals surface area contributed by atoms with Gasteiger partial charge in [-0.2, -0.15) is 0 Å². The van der Waals surface area contributed by atoms with Gasteiger partial charge in [0.15, 0.2) is 11.0 Å². The number of nitrogens with one attached hydrogen (secondary N) is 2. The van der Waals surface area contributed by atoms with Crippen LogP contribution in [0.4, 0.5) is 5.69 Å². The fraction of sp³-hybridized carbons (Fsp3) is 0.444. The average Bonchev–Trinajstić information content (AvgIpc) is 3.28. The van der Waals surface area contributed by atoms with Crippen molar-refractivity contribution in [3.63, 3.8) is 0 Å². The number of hydrogen-bond donors (Lipinski definition) is 2. The molecule has 1 aromatic carbocycles. The van der Waals surface area contributed by atoms with Gasteiger partial charge in [-0.25, -0.2) is 0 Å². The van der Waals surface area contributed by atoms with Crippen LogP contribution < -0.4 is 10.6 Å². The molecule has 36 heavy (non-hydrogen) atoms. The standard InChI is InChI=1S/C27H34N6O2S/c1-17-9-5-6-13-22(17)33-25(21-12-8-14-28-15-21)31-32-27(33)36-20(4)26(35)29-16-23(34)30-24-18(2)10-7-11-19(24)3/h7-8,10-12,14-15,17,20,22H,5-6,9,13,16H2,1-4H3,(H,29,35)(H,30,34)/t17-,20+,22+/m1/s1. The van der Waals surface area contributed by atoms with E-state index in [2.05, 4.69) is 37.3 Å². The zero-order chi connectivity index (χ0) is 25.7. The van der Waals surface area contributed by atoms with E-state index < -0.39 is 5.25 Å². The maximum atomic E-state index is 12.9. The van der Waals surface area contributed by atoms with Gasteiger partial charge in [-0.15, -0.1) is 10.2 Å². The normalized spacial score (nSPS) is 18.4. The first-order valence-corrected chi connectivity index (χ1v) is 13.4. The molecule has 0 radical (unpaired) electrons. The molecule has 0 bridgehead atoms. The fourth-order valence-electron chi connectivity index (χ4n) is 4.75. The molecular weight excluding hydrogens is 472 g/mol. The summed E-state index contributed by atoms with van der Waals surface area (Å²) in [5.41, 5.74) is 3.67. The van der Waals surface area contributed by atoms with Crippen LogP contribution >= 0.6 is 11.8 Å². The Morgan fingerprint density at radius 3 is 2.56 bits per heavy atom. The van der Waals surface area contributed by atoms with Gasteiger partial charge in [0.2, 0.25) is 11.8 Å². The Morgan fingerprint density at radius 2 is 1.86 bits per heavy atom. The van der Waals surface area contributed by atoms with E-state index >= 15 is 0 Å². The number of carbonyl (C=O) groups is 2. The lowest BCUT2D eigenvalue weighted by Crippen LogP contribution is -2.37. The van der Waals surface area contributed by atoms with Crippen molar-refractivity contribution >= 4 is 29.3 Å². The predicted octanol–water partition coefficient (Wildman–Crippen LogP) is 4.94. The van der Waals surface area contributed by atoms with Crippen LogP contribution in [0.5, 0.6) is 0 Å². The van der Waals surface area contributed by atoms with E-state index in [0.29, 0.717) is 5.92 Å². The number of rotatable bonds is 8. The number of aromatic nitrogens is 4. The highest BCUT2D eigenvalue weighted by Crippen LogP contribution is 2.39. The second-order valence-corrected chi connectivity index (χ2v) is 10.8. The highest BCUT2D eigenvalue weighted by Gasteiger charge is 2.30. The Labute approximate surface area is 216 Å². The van der Waals surface area contributed by atoms with Crippen LogP contribution in [0, 0.1) is 19.8 Å². The molecule has 2 N–H and O–H groups in total. The molecule has 3 atom stereocenters. The van der Waals surface area contributed by atoms with Crippen LogP contribution in [0.3, 0.4) is 0 Å². The van der Waals surface area contributed by atoms with Crippen LogP contribution in [0.1, 0.15) is 56.7 Å². The van der Waals surface area contributed by atoms with Crippen molar-refractivity contribution in [1.82, 2.24) is 25.1 Å². The summed E-state index contributed by atoms with van der Waals surface area (Å²) in [5, 5.41) is 14.9. The van der Waals surface area contributed by atoms with Crippen molar-refractivity contribution in [1.29, 1.82) is 0 Å². The molecule has 8 nitrogen and oxygen atoms in total. The minimum Gasteiger partial charge on any atom is -0.346 e. The second kappa shape index (κ2) is 11.7. The van der Waals surface area contributed by atoms with Gasteiger partial charge in [-0.1, -0.05) is 49.7 Å². The van der Waals surface area contributed by atoms with Crippen LogP contribution in [0.2, 0.25) is 0 Å². The van der Waals surface area contributed by atoms with E-state index in [-0.39, 0.29) is 24.4 Å². The van der Waals surface area contributed by atoms with E-state index in [1.165, 1.54) is 18.2 Å². The highest BCUT2D eigenvalue weighted by atomic mass is 32.2. The molecule has 0 spiro atoms. The molecule has 3 aromatic rings. The maximum absolute atomic E-state index is 12.9. The van der Waals surface area contributed by atoms with Gasteiger partial charge in [-0.05, 0) is 62.8 Å². The first kappa shape index (κ1) is 25.9. The Kier molecular flexibility index (Phi) is 8.40. The van der Waals surface area contributed by atoms with Gasteiger partial charge >= 0.3 is 0 Å². The summed E-state index contributed by atoms with van der Waals surface area (Å²) in [4.78, 5) is 29.6. The Balaban J connectivity index is 1.45. The zero-order valence-corrected chi connectivity index (χ0v) is 22.1. The molecule has 2 heterocycles. The molecule has 2 aromatic heterocycles. The van der Waals surface area contributed by atoms with Crippen LogP contribution in [0.25, 0.3) is 11.4 Å². The lowest BCUT2D eigenvalue weighted by Gasteiger charge is -2.31. The maximum Gasteiger partial charge on any atom is 0.243 e. The quantitative estimate of drug-likeness (QED) is 0.420. The van der Waals surface area contributed by atoms with Crippen molar-refractivity contribution in [2.24, 2.45) is 5.92 Å². The molecular formula is C27H34N6O2S. The third-order valence-electron chi connectivity index (χ3n) is 6.80. The number of pyridine rings is 1. The lowest BCUT2D eigenvalue weighted by molar-refractivity contribution is -0.123. The van der Waals surface area contributed by atoms with E-state index in [9.17, 15) is 9.59 Å². The molecule has 0 aliphatic heterocycles. The third-order valence-corrected chi connectivity index (χ3v) is 7.86. The molecule has 1 fully saturated rings. The summed E-state index contributed by atoms with van der Waals surface area (Å²) in [5.74, 6) is 0.800. The number of aryl methyl sites for hydroxylation is 2. The topological polar surface area (TPSA) is 102 Å². The van der Waals surface area contributed by atoms with E-state index in [1.807, 2.05) is 51.1 Å². The Morgan fingerprint density at radius 1 is 1.11 bits per heavy atom. The van der Waals surface area contributed by atoms with E-state index in [1.54, 1.807) is 12.4 Å². The van der Waals surface area contributed by atoms with Crippen molar-refractivity contribution in [3.8, 4) is 11.4 Å². The minimum atomic E-state index is -0.443. The van der Waals surface area contributed by atoms with Crippen LogP contribution in [0.15, 0.2) is 47.9 Å². The molecule has 2 amide bonds. The fourth-order valence-corrected chi connectivity index (χ4v) is 5.68. The molecule has 1 aliphatic carbocycles. The van der Waals surface area contributed by atoms with Gasteiger partial charge < -0.3 is 10.6 Å². The summed E-state index contributed by atoms with van der Waals surface area (Å²) in [6, 6.07) is 10.00. The second-order valence-electron chi connectivity index (χ2n) is 9.54. The van der Waals surface area contributed by atoms with Crippen molar-refractivity contribution in [2.75, 3.05) is 11.9 Å². The first-order valence-electron chi connectivity index (χ1n) is 12.5. The van der Waals surface area contributed by atoms with E-state index in [4.69, 9.17) is 0 Å². The number of hydrogen-bond acceptors (Lipinski definition) is 6. The van der Waals surface area contributed by atoms with Crippen LogP contribution in [-0.4, -0.2) is 43.4 Å². The zero-order valence-electron chi connectivity index (χ0n) is 21.3. The molecule has 0 unspecified atom stereocenters. The number of nitrogens with zero attached hydrogens (tertiary/aromatic N) is 4. The summed E-state index contributed by atoms with van der Waals surface area (Å²) < 4.78 is 2.20. The van der Waals surface area contributed by atoms with Gasteiger partial charge in [0.1, 0.15) is 0 Å². The van der Waals surface area contributed by atoms with Crippen LogP contribution in [-0.2, 0) is 9.59 Å². The Bertz CT molecular complexity index is 1190. The molecule has 0 saturated heterocycles. The number of thioether (sulfide) groups is 1. The summed E-state index contributed by atoms with van der Waals surface area (Å²) in [6.45, 7) is 7.91. The van der Waals surface area contributed by atoms with Crippen molar-refractivity contribution in [3.05, 3.63) is 53.9 Å². The Hall–Kier alpha value is -3.20. The highest BCUT2D eigenvalue weighted by molar-refractivity contribution is 8.00. The van der Waals surface area contributed by atoms with Gasteiger partial charge in [0.25, 0.3) is 0 Å². The molecule has 9 heteroatoms. The number of anilines is 1. The number of para-hydroxylation sites is 1. The number of amides is 2. The molecule has 1 saturated carbocycles. The van der Waals surface area contributed by atoms with E-state index in [0.717, 1.165) is 52.6 Å². The number of benzene rings is 1. The molecule has 1 aliphatic rings. The SMILES string of the molecule is Cc1cccc(C)c1NC(=O)CNC(=O)[C@H](C)Sc1nnc(-c2cccnc2)n1[C@H]1CCCC[C@H]1C. The largest absolute Gasteiger partial charge is 0.346 e. The lowest BCUT2D eigenvalue weighted by atomic mass is 9.85. The van der Waals surface area contributed by atoms with Gasteiger partial charge in [-0.3, -0.25) is 19.1 Å². The summed E-state index contributed by atoms with van der Waals surface area (Å²) >= 11 is 1.38. The number of carbonyl (C=O) groups excluding carboxylic acids is 2. The first-order chi connectivity index (χ1) is 17.3. The predicted molar refractivity (Wildman–Crippen MR) is 143 cm³/mol. The molecule has 4 rings (SSSR count). The monoisotopic (exact) mass is 506 g/mol. The summed E-state index contributed by atoms with van der Waals surface area (Å²) in [6.07, 6.45) is 8.15. The minimum absolute atomic E-state index is 0.0925. The van der Waals surface area contributed by atoms with Gasteiger partial charge in [0, 0.05) is 29.7 Å². The average molecular weight is 507 g/mol. The van der Waals surface area contributed by atoms with Gasteiger partial charge in [0.05, 0.1) is 11.8 Å². The van der Waals surface area contributed by atoms with Crippen molar-refractivity contribution in [2.45, 2.75) is 69.8 Å². The summed E-state index contributed by atoms with van der Waals surface area (Å²) in [7, 11) is 0. The smallest absolute Gasteiger partial charge is 0.243 e. The third kappa shape index (κ3) is 5.95. The molecule has 190 valence electrons.